The molecule has 3 nitrogen and oxygen atoms in total. The van der Waals surface area contributed by atoms with E-state index in [1.54, 1.807) is 10.8 Å². The van der Waals surface area contributed by atoms with Crippen molar-refractivity contribution in [1.29, 1.82) is 0 Å². The Bertz CT molecular complexity index is 681. The molecule has 0 amide bonds. The fourth-order valence-electron chi connectivity index (χ4n) is 2.02. The Morgan fingerprint density at radius 3 is 2.38 bits per heavy atom. The number of aromatic nitrogens is 1. The Kier molecular flexibility index (Phi) is 4.28. The van der Waals surface area contributed by atoms with E-state index in [-0.39, 0.29) is 6.09 Å². The monoisotopic (exact) mass is 349 g/mol. The summed E-state index contributed by atoms with van der Waals surface area (Å²) in [5.74, 6) is 0. The fraction of sp³-hybridized carbons (Fsp3) is 0.353. The van der Waals surface area contributed by atoms with Crippen molar-refractivity contribution >= 4 is 22.0 Å². The summed E-state index contributed by atoms with van der Waals surface area (Å²) in [4.78, 5) is 12.3. The van der Waals surface area contributed by atoms with Crippen molar-refractivity contribution in [3.05, 3.63) is 46.1 Å². The summed E-state index contributed by atoms with van der Waals surface area (Å²) >= 11 is 3.43. The molecule has 0 fully saturated rings. The average Bonchev–Trinajstić information content (AvgIpc) is 2.73. The molecule has 0 spiro atoms. The number of carbonyl (C=O) groups excluding carboxylic acids is 1. The normalized spacial score (nSPS) is 11.5. The minimum Gasteiger partial charge on any atom is -0.443 e. The van der Waals surface area contributed by atoms with Gasteiger partial charge in [-0.2, -0.15) is 0 Å². The highest BCUT2D eigenvalue weighted by Gasteiger charge is 2.20. The number of carbonyl (C=O) groups is 1. The molecule has 2 aromatic rings. The number of aryl methyl sites for hydroxylation is 2. The maximum absolute atomic E-state index is 12.3. The summed E-state index contributed by atoms with van der Waals surface area (Å²) in [6.45, 7) is 9.72. The molecule has 0 aliphatic heterocycles. The van der Waals surface area contributed by atoms with Gasteiger partial charge in [0, 0.05) is 10.7 Å². The molecule has 0 aliphatic carbocycles. The number of rotatable bonds is 1. The summed E-state index contributed by atoms with van der Waals surface area (Å²) < 4.78 is 7.85. The SMILES string of the molecule is Cc1ccc(-c2cc(Br)cn2C(=O)OC(C)(C)C)cc1C. The van der Waals surface area contributed by atoms with Crippen LogP contribution in [0.3, 0.4) is 0 Å². The van der Waals surface area contributed by atoms with Gasteiger partial charge in [-0.05, 0) is 79.4 Å². The molecule has 21 heavy (non-hydrogen) atoms. The second kappa shape index (κ2) is 5.68. The van der Waals surface area contributed by atoms with Crippen LogP contribution in [0.1, 0.15) is 31.9 Å². The third-order valence-electron chi connectivity index (χ3n) is 3.18. The summed E-state index contributed by atoms with van der Waals surface area (Å²) in [5.41, 5.74) is 3.72. The Balaban J connectivity index is 2.45. The van der Waals surface area contributed by atoms with Gasteiger partial charge in [0.15, 0.2) is 0 Å². The number of nitrogens with zero attached hydrogens (tertiary/aromatic N) is 1. The molecule has 4 heteroatoms. The van der Waals surface area contributed by atoms with Crippen LogP contribution in [-0.2, 0) is 4.74 Å². The van der Waals surface area contributed by atoms with E-state index < -0.39 is 5.60 Å². The van der Waals surface area contributed by atoms with E-state index >= 15 is 0 Å². The van der Waals surface area contributed by atoms with Crippen LogP contribution in [0.25, 0.3) is 11.3 Å². The lowest BCUT2D eigenvalue weighted by molar-refractivity contribution is 0.0540. The summed E-state index contributed by atoms with van der Waals surface area (Å²) in [7, 11) is 0. The lowest BCUT2D eigenvalue weighted by Gasteiger charge is -2.20. The van der Waals surface area contributed by atoms with Crippen LogP contribution in [0.4, 0.5) is 4.79 Å². The first-order chi connectivity index (χ1) is 9.67. The van der Waals surface area contributed by atoms with Crippen LogP contribution in [0.15, 0.2) is 34.9 Å². The van der Waals surface area contributed by atoms with Crippen molar-refractivity contribution in [2.75, 3.05) is 0 Å². The molecule has 0 atom stereocenters. The molecule has 1 heterocycles. The molecule has 2 rings (SSSR count). The maximum atomic E-state index is 12.3. The molecular formula is C17H20BrNO2. The molecule has 0 saturated heterocycles. The average molecular weight is 350 g/mol. The quantitative estimate of drug-likeness (QED) is 0.697. The van der Waals surface area contributed by atoms with Gasteiger partial charge in [-0.25, -0.2) is 4.79 Å². The highest BCUT2D eigenvalue weighted by Crippen LogP contribution is 2.28. The number of hydrogen-bond donors (Lipinski definition) is 0. The zero-order valence-corrected chi connectivity index (χ0v) is 14.6. The van der Waals surface area contributed by atoms with Gasteiger partial charge in [-0.15, -0.1) is 0 Å². The van der Waals surface area contributed by atoms with Crippen LogP contribution < -0.4 is 0 Å². The fourth-order valence-corrected chi connectivity index (χ4v) is 2.44. The molecular weight excluding hydrogens is 330 g/mol. The molecule has 0 N–H and O–H groups in total. The second-order valence-electron chi connectivity index (χ2n) is 6.19. The van der Waals surface area contributed by atoms with Crippen LogP contribution in [0.5, 0.6) is 0 Å². The Labute approximate surface area is 134 Å². The lowest BCUT2D eigenvalue weighted by atomic mass is 10.0. The molecule has 0 saturated carbocycles. The Morgan fingerprint density at radius 1 is 1.14 bits per heavy atom. The number of benzene rings is 1. The molecule has 0 bridgehead atoms. The first-order valence-electron chi connectivity index (χ1n) is 6.86. The van der Waals surface area contributed by atoms with Crippen molar-refractivity contribution in [2.24, 2.45) is 0 Å². The minimum absolute atomic E-state index is 0.374. The van der Waals surface area contributed by atoms with E-state index in [1.165, 1.54) is 11.1 Å². The summed E-state index contributed by atoms with van der Waals surface area (Å²) in [5, 5.41) is 0. The Hall–Kier alpha value is -1.55. The van der Waals surface area contributed by atoms with E-state index in [4.69, 9.17) is 4.74 Å². The Morgan fingerprint density at radius 2 is 1.81 bits per heavy atom. The van der Waals surface area contributed by atoms with Gasteiger partial charge in [-0.1, -0.05) is 12.1 Å². The maximum Gasteiger partial charge on any atom is 0.419 e. The van der Waals surface area contributed by atoms with Gasteiger partial charge < -0.3 is 4.74 Å². The predicted octanol–water partition coefficient (Wildman–Crippen LogP) is 5.32. The van der Waals surface area contributed by atoms with Gasteiger partial charge in [-0.3, -0.25) is 4.57 Å². The van der Waals surface area contributed by atoms with E-state index in [1.807, 2.05) is 32.9 Å². The van der Waals surface area contributed by atoms with Gasteiger partial charge >= 0.3 is 6.09 Å². The van der Waals surface area contributed by atoms with Crippen LogP contribution in [-0.4, -0.2) is 16.3 Å². The van der Waals surface area contributed by atoms with Crippen LogP contribution in [0.2, 0.25) is 0 Å². The topological polar surface area (TPSA) is 31.2 Å². The summed E-state index contributed by atoms with van der Waals surface area (Å²) in [6.07, 6.45) is 1.36. The highest BCUT2D eigenvalue weighted by molar-refractivity contribution is 9.10. The third kappa shape index (κ3) is 3.76. The van der Waals surface area contributed by atoms with Crippen molar-refractivity contribution in [1.82, 2.24) is 4.57 Å². The largest absolute Gasteiger partial charge is 0.443 e. The molecule has 112 valence electrons. The zero-order valence-electron chi connectivity index (χ0n) is 13.0. The van der Waals surface area contributed by atoms with Crippen molar-refractivity contribution in [2.45, 2.75) is 40.2 Å². The van der Waals surface area contributed by atoms with E-state index in [0.717, 1.165) is 15.7 Å². The number of ether oxygens (including phenoxy) is 1. The standard InChI is InChI=1S/C17H20BrNO2/c1-11-6-7-13(8-12(11)2)15-9-14(18)10-19(15)16(20)21-17(3,4)5/h6-10H,1-5H3. The molecule has 0 radical (unpaired) electrons. The molecule has 1 aromatic heterocycles. The van der Waals surface area contributed by atoms with Gasteiger partial charge in [0.1, 0.15) is 5.60 Å². The summed E-state index contributed by atoms with van der Waals surface area (Å²) in [6, 6.07) is 8.09. The highest BCUT2D eigenvalue weighted by atomic mass is 79.9. The smallest absolute Gasteiger partial charge is 0.419 e. The second-order valence-corrected chi connectivity index (χ2v) is 7.11. The third-order valence-corrected chi connectivity index (χ3v) is 3.61. The van der Waals surface area contributed by atoms with Gasteiger partial charge in [0.2, 0.25) is 0 Å². The molecule has 0 aliphatic rings. The van der Waals surface area contributed by atoms with Gasteiger partial charge in [0.25, 0.3) is 0 Å². The lowest BCUT2D eigenvalue weighted by Crippen LogP contribution is -2.27. The van der Waals surface area contributed by atoms with Crippen molar-refractivity contribution in [3.8, 4) is 11.3 Å². The first kappa shape index (κ1) is 15.8. The van der Waals surface area contributed by atoms with E-state index in [0.29, 0.717) is 0 Å². The predicted molar refractivity (Wildman–Crippen MR) is 88.7 cm³/mol. The zero-order chi connectivity index (χ0) is 15.8. The van der Waals surface area contributed by atoms with Crippen molar-refractivity contribution < 1.29 is 9.53 Å². The van der Waals surface area contributed by atoms with Gasteiger partial charge in [0.05, 0.1) is 5.69 Å². The minimum atomic E-state index is -0.520. The first-order valence-corrected chi connectivity index (χ1v) is 7.65. The molecule has 0 unspecified atom stereocenters. The van der Waals surface area contributed by atoms with Crippen molar-refractivity contribution in [3.63, 3.8) is 0 Å². The van der Waals surface area contributed by atoms with Crippen LogP contribution in [0, 0.1) is 13.8 Å². The van der Waals surface area contributed by atoms with E-state index in [9.17, 15) is 4.79 Å². The van der Waals surface area contributed by atoms with Crippen LogP contribution >= 0.6 is 15.9 Å². The number of hydrogen-bond acceptors (Lipinski definition) is 2. The van der Waals surface area contributed by atoms with E-state index in [2.05, 4.69) is 41.9 Å². The molecule has 1 aromatic carbocycles. The number of halogens is 1.